The number of aromatic amines is 1. The Hall–Kier alpha value is -1.35. The van der Waals surface area contributed by atoms with Gasteiger partial charge in [0.2, 0.25) is 0 Å². The van der Waals surface area contributed by atoms with E-state index in [9.17, 15) is 0 Å². The van der Waals surface area contributed by atoms with Gasteiger partial charge in [-0.3, -0.25) is 0 Å². The fourth-order valence-electron chi connectivity index (χ4n) is 2.67. The lowest BCUT2D eigenvalue weighted by atomic mass is 9.99. The Balaban J connectivity index is 1.71. The van der Waals surface area contributed by atoms with Crippen LogP contribution in [0.5, 0.6) is 0 Å². The first-order valence-electron chi connectivity index (χ1n) is 6.47. The molecule has 90 valence electrons. The van der Waals surface area contributed by atoms with E-state index in [1.54, 1.807) is 0 Å². The Morgan fingerprint density at radius 2 is 2.35 bits per heavy atom. The summed E-state index contributed by atoms with van der Waals surface area (Å²) in [5.74, 6) is 1.87. The van der Waals surface area contributed by atoms with Gasteiger partial charge >= 0.3 is 0 Å². The molecule has 3 nitrogen and oxygen atoms in total. The van der Waals surface area contributed by atoms with Crippen molar-refractivity contribution in [1.82, 2.24) is 15.3 Å². The highest BCUT2D eigenvalue weighted by Gasteiger charge is 2.14. The molecule has 0 aliphatic carbocycles. The molecule has 0 amide bonds. The van der Waals surface area contributed by atoms with Gasteiger partial charge in [0.05, 0.1) is 11.0 Å². The number of aryl methyl sites for hydroxylation is 2. The van der Waals surface area contributed by atoms with Crippen LogP contribution in [0.4, 0.5) is 0 Å². The molecule has 0 bridgehead atoms. The zero-order chi connectivity index (χ0) is 11.7. The number of benzene rings is 1. The molecule has 2 aromatic rings. The van der Waals surface area contributed by atoms with Gasteiger partial charge in [-0.05, 0) is 62.9 Å². The maximum atomic E-state index is 4.43. The largest absolute Gasteiger partial charge is 0.342 e. The van der Waals surface area contributed by atoms with E-state index in [0.29, 0.717) is 0 Å². The molecule has 1 unspecified atom stereocenters. The number of nitrogens with zero attached hydrogens (tertiary/aromatic N) is 1. The minimum absolute atomic E-state index is 0.870. The molecule has 3 heteroatoms. The van der Waals surface area contributed by atoms with Gasteiger partial charge in [0.25, 0.3) is 0 Å². The Labute approximate surface area is 102 Å². The van der Waals surface area contributed by atoms with Crippen LogP contribution in [-0.4, -0.2) is 23.1 Å². The summed E-state index contributed by atoms with van der Waals surface area (Å²) in [7, 11) is 0. The van der Waals surface area contributed by atoms with E-state index in [2.05, 4.69) is 33.5 Å². The molecule has 17 heavy (non-hydrogen) atoms. The lowest BCUT2D eigenvalue weighted by Crippen LogP contribution is -2.09. The van der Waals surface area contributed by atoms with Crippen molar-refractivity contribution in [2.75, 3.05) is 13.1 Å². The molecule has 2 heterocycles. The van der Waals surface area contributed by atoms with Crippen LogP contribution in [0, 0.1) is 12.8 Å². The van der Waals surface area contributed by atoms with Gasteiger partial charge in [0.1, 0.15) is 5.82 Å². The number of fused-ring (bicyclic) bond motifs is 1. The summed E-state index contributed by atoms with van der Waals surface area (Å²) >= 11 is 0. The Kier molecular flexibility index (Phi) is 2.85. The molecule has 3 rings (SSSR count). The maximum absolute atomic E-state index is 4.43. The second-order valence-electron chi connectivity index (χ2n) is 5.07. The summed E-state index contributed by atoms with van der Waals surface area (Å²) < 4.78 is 0. The zero-order valence-corrected chi connectivity index (χ0v) is 10.3. The first-order valence-corrected chi connectivity index (χ1v) is 6.47. The van der Waals surface area contributed by atoms with Crippen LogP contribution in [0.2, 0.25) is 0 Å². The van der Waals surface area contributed by atoms with Crippen LogP contribution in [0.25, 0.3) is 11.0 Å². The van der Waals surface area contributed by atoms with Crippen molar-refractivity contribution in [2.24, 2.45) is 5.92 Å². The Morgan fingerprint density at radius 1 is 1.41 bits per heavy atom. The summed E-state index contributed by atoms with van der Waals surface area (Å²) in [6.45, 7) is 4.40. The smallest absolute Gasteiger partial charge is 0.104 e. The molecule has 0 saturated carbocycles. The second-order valence-corrected chi connectivity index (χ2v) is 5.07. The Bertz CT molecular complexity index is 509. The number of aromatic nitrogens is 2. The van der Waals surface area contributed by atoms with E-state index in [4.69, 9.17) is 0 Å². The highest BCUT2D eigenvalue weighted by Crippen LogP contribution is 2.18. The molecule has 0 radical (unpaired) electrons. The standard InChI is InChI=1S/C14H19N3/c1-10-16-13-5-4-11(8-14(13)17-10)2-3-12-6-7-15-9-12/h4-5,8,12,15H,2-3,6-7,9H2,1H3,(H,16,17). The van der Waals surface area contributed by atoms with Gasteiger partial charge in [-0.2, -0.15) is 0 Å². The van der Waals surface area contributed by atoms with E-state index in [-0.39, 0.29) is 0 Å². The third-order valence-electron chi connectivity index (χ3n) is 3.67. The molecule has 1 fully saturated rings. The van der Waals surface area contributed by atoms with Crippen molar-refractivity contribution in [1.29, 1.82) is 0 Å². The second kappa shape index (κ2) is 4.49. The molecule has 1 aliphatic rings. The van der Waals surface area contributed by atoms with E-state index >= 15 is 0 Å². The molecular weight excluding hydrogens is 210 g/mol. The van der Waals surface area contributed by atoms with Crippen LogP contribution in [0.1, 0.15) is 24.2 Å². The van der Waals surface area contributed by atoms with E-state index < -0.39 is 0 Å². The molecular formula is C14H19N3. The van der Waals surface area contributed by atoms with Crippen LogP contribution in [0.3, 0.4) is 0 Å². The highest BCUT2D eigenvalue weighted by molar-refractivity contribution is 5.75. The first kappa shape index (κ1) is 10.8. The van der Waals surface area contributed by atoms with Crippen molar-refractivity contribution in [3.8, 4) is 0 Å². The van der Waals surface area contributed by atoms with Crippen molar-refractivity contribution in [3.05, 3.63) is 29.6 Å². The van der Waals surface area contributed by atoms with Gasteiger partial charge in [-0.25, -0.2) is 4.98 Å². The van der Waals surface area contributed by atoms with Crippen molar-refractivity contribution in [3.63, 3.8) is 0 Å². The third-order valence-corrected chi connectivity index (χ3v) is 3.67. The van der Waals surface area contributed by atoms with Crippen molar-refractivity contribution >= 4 is 11.0 Å². The van der Waals surface area contributed by atoms with Crippen molar-refractivity contribution < 1.29 is 0 Å². The van der Waals surface area contributed by atoms with Gasteiger partial charge in [0.15, 0.2) is 0 Å². The quantitative estimate of drug-likeness (QED) is 0.848. The van der Waals surface area contributed by atoms with Crippen molar-refractivity contribution in [2.45, 2.75) is 26.2 Å². The maximum Gasteiger partial charge on any atom is 0.104 e. The van der Waals surface area contributed by atoms with Gasteiger partial charge in [0, 0.05) is 0 Å². The summed E-state index contributed by atoms with van der Waals surface area (Å²) in [4.78, 5) is 7.73. The fraction of sp³-hybridized carbons (Fsp3) is 0.500. The predicted octanol–water partition coefficient (Wildman–Crippen LogP) is 2.41. The van der Waals surface area contributed by atoms with Crippen LogP contribution < -0.4 is 5.32 Å². The number of nitrogens with one attached hydrogen (secondary N) is 2. The van der Waals surface area contributed by atoms with Crippen LogP contribution in [-0.2, 0) is 6.42 Å². The number of rotatable bonds is 3. The molecule has 1 aromatic heterocycles. The van der Waals surface area contributed by atoms with Gasteiger partial charge < -0.3 is 10.3 Å². The highest BCUT2D eigenvalue weighted by atomic mass is 14.9. The fourth-order valence-corrected chi connectivity index (χ4v) is 2.67. The van der Waals surface area contributed by atoms with Gasteiger partial charge in [-0.1, -0.05) is 6.07 Å². The summed E-state index contributed by atoms with van der Waals surface area (Å²) in [5.41, 5.74) is 3.67. The molecule has 1 aliphatic heterocycles. The number of hydrogen-bond acceptors (Lipinski definition) is 2. The predicted molar refractivity (Wildman–Crippen MR) is 70.1 cm³/mol. The first-order chi connectivity index (χ1) is 8.31. The molecule has 1 saturated heterocycles. The van der Waals surface area contributed by atoms with Crippen LogP contribution in [0.15, 0.2) is 18.2 Å². The van der Waals surface area contributed by atoms with Crippen LogP contribution >= 0.6 is 0 Å². The van der Waals surface area contributed by atoms with E-state index in [1.165, 1.54) is 43.4 Å². The number of imidazole rings is 1. The van der Waals surface area contributed by atoms with Gasteiger partial charge in [-0.15, -0.1) is 0 Å². The lowest BCUT2D eigenvalue weighted by Gasteiger charge is -2.07. The topological polar surface area (TPSA) is 40.7 Å². The molecule has 1 atom stereocenters. The number of hydrogen-bond donors (Lipinski definition) is 2. The minimum atomic E-state index is 0.870. The zero-order valence-electron chi connectivity index (χ0n) is 10.3. The average molecular weight is 229 g/mol. The number of H-pyrrole nitrogens is 1. The minimum Gasteiger partial charge on any atom is -0.342 e. The molecule has 2 N–H and O–H groups in total. The monoisotopic (exact) mass is 229 g/mol. The summed E-state index contributed by atoms with van der Waals surface area (Å²) in [5, 5.41) is 3.43. The normalized spacial score (nSPS) is 20.2. The summed E-state index contributed by atoms with van der Waals surface area (Å²) in [6, 6.07) is 6.59. The summed E-state index contributed by atoms with van der Waals surface area (Å²) in [6.07, 6.45) is 3.82. The Morgan fingerprint density at radius 3 is 3.18 bits per heavy atom. The van der Waals surface area contributed by atoms with E-state index in [1.807, 2.05) is 6.92 Å². The van der Waals surface area contributed by atoms with E-state index in [0.717, 1.165) is 17.3 Å². The molecule has 0 spiro atoms. The lowest BCUT2D eigenvalue weighted by molar-refractivity contribution is 0.533. The average Bonchev–Trinajstić information content (AvgIpc) is 2.92. The molecule has 1 aromatic carbocycles. The SMILES string of the molecule is Cc1nc2ccc(CCC3CCNC3)cc2[nH]1. The third kappa shape index (κ3) is 2.34.